The second-order valence-corrected chi connectivity index (χ2v) is 3.43. The predicted octanol–water partition coefficient (Wildman–Crippen LogP) is 2.78. The molecule has 0 aliphatic heterocycles. The third kappa shape index (κ3) is 1.15. The Balaban J connectivity index is 2.85. The van der Waals surface area contributed by atoms with Crippen molar-refractivity contribution < 1.29 is 4.79 Å². The molecule has 0 N–H and O–H groups in total. The van der Waals surface area contributed by atoms with Gasteiger partial charge in [-0.15, -0.1) is 0 Å². The zero-order valence-electron chi connectivity index (χ0n) is 8.45. The Kier molecular flexibility index (Phi) is 2.12. The van der Waals surface area contributed by atoms with E-state index in [1.807, 2.05) is 12.1 Å². The summed E-state index contributed by atoms with van der Waals surface area (Å²) < 4.78 is 2.21. The van der Waals surface area contributed by atoms with Crippen LogP contribution in [0.2, 0.25) is 0 Å². The minimum Gasteiger partial charge on any atom is -0.345 e. The van der Waals surface area contributed by atoms with Crippen molar-refractivity contribution in [2.24, 2.45) is 0 Å². The first-order valence-electron chi connectivity index (χ1n) is 4.82. The number of hydrogen-bond donors (Lipinski definition) is 0. The molecule has 0 amide bonds. The molecule has 1 aromatic heterocycles. The molecule has 14 heavy (non-hydrogen) atoms. The van der Waals surface area contributed by atoms with Crippen LogP contribution in [0.5, 0.6) is 0 Å². The normalized spacial score (nSPS) is 10.7. The van der Waals surface area contributed by atoms with Crippen LogP contribution in [0.3, 0.4) is 0 Å². The van der Waals surface area contributed by atoms with E-state index in [9.17, 15) is 4.79 Å². The molecule has 0 fully saturated rings. The summed E-state index contributed by atoms with van der Waals surface area (Å²) in [5.74, 6) is 0. The maximum atomic E-state index is 10.8. The van der Waals surface area contributed by atoms with Gasteiger partial charge >= 0.3 is 0 Å². The molecule has 0 aliphatic carbocycles. The number of aromatic nitrogens is 1. The average molecular weight is 187 g/mol. The maximum absolute atomic E-state index is 10.8. The topological polar surface area (TPSA) is 22.0 Å². The zero-order chi connectivity index (χ0) is 10.1. The maximum Gasteiger partial charge on any atom is 0.150 e. The van der Waals surface area contributed by atoms with Crippen LogP contribution in [0.4, 0.5) is 0 Å². The second kappa shape index (κ2) is 3.29. The van der Waals surface area contributed by atoms with Crippen LogP contribution in [-0.2, 0) is 6.54 Å². The summed E-state index contributed by atoms with van der Waals surface area (Å²) in [5, 5.41) is 1.06. The number of carbonyl (C=O) groups is 1. The van der Waals surface area contributed by atoms with Gasteiger partial charge in [0, 0.05) is 28.7 Å². The summed E-state index contributed by atoms with van der Waals surface area (Å²) >= 11 is 0. The number of carbonyl (C=O) groups excluding carboxylic acids is 1. The van der Waals surface area contributed by atoms with Gasteiger partial charge in [0.15, 0.2) is 6.29 Å². The lowest BCUT2D eigenvalue weighted by Crippen LogP contribution is -1.95. The van der Waals surface area contributed by atoms with Gasteiger partial charge in [-0.25, -0.2) is 0 Å². The van der Waals surface area contributed by atoms with Crippen LogP contribution in [0, 0.1) is 6.92 Å². The number of fused-ring (bicyclic) bond motifs is 1. The lowest BCUT2D eigenvalue weighted by Gasteiger charge is -2.03. The Morgan fingerprint density at radius 1 is 1.43 bits per heavy atom. The van der Waals surface area contributed by atoms with Crippen LogP contribution in [-0.4, -0.2) is 10.9 Å². The van der Waals surface area contributed by atoms with Crippen LogP contribution < -0.4 is 0 Å². The average Bonchev–Trinajstić information content (AvgIpc) is 2.52. The fraction of sp³-hybridized carbons (Fsp3) is 0.250. The minimum absolute atomic E-state index is 0.776. The molecule has 72 valence electrons. The summed E-state index contributed by atoms with van der Waals surface area (Å²) in [6, 6.07) is 7.91. The largest absolute Gasteiger partial charge is 0.345 e. The Labute approximate surface area is 83.2 Å². The van der Waals surface area contributed by atoms with Gasteiger partial charge in [0.25, 0.3) is 0 Å². The van der Waals surface area contributed by atoms with Gasteiger partial charge in [-0.05, 0) is 26.0 Å². The van der Waals surface area contributed by atoms with Gasteiger partial charge in [-0.1, -0.05) is 12.1 Å². The first-order chi connectivity index (χ1) is 6.77. The van der Waals surface area contributed by atoms with Gasteiger partial charge in [0.2, 0.25) is 0 Å². The Morgan fingerprint density at radius 3 is 2.86 bits per heavy atom. The number of benzene rings is 1. The van der Waals surface area contributed by atoms with E-state index in [1.165, 1.54) is 5.69 Å². The van der Waals surface area contributed by atoms with Crippen LogP contribution in [0.1, 0.15) is 23.0 Å². The molecule has 0 atom stereocenters. The van der Waals surface area contributed by atoms with Crippen LogP contribution in [0.15, 0.2) is 24.3 Å². The zero-order valence-corrected chi connectivity index (χ0v) is 8.45. The molecule has 1 heterocycles. The molecule has 2 heteroatoms. The molecular formula is C12H13NO. The summed E-state index contributed by atoms with van der Waals surface area (Å²) in [6.07, 6.45) is 0.918. The summed E-state index contributed by atoms with van der Waals surface area (Å²) in [7, 11) is 0. The van der Waals surface area contributed by atoms with E-state index in [1.54, 1.807) is 0 Å². The first-order valence-corrected chi connectivity index (χ1v) is 4.82. The molecule has 0 saturated carbocycles. The van der Waals surface area contributed by atoms with Crippen LogP contribution in [0.25, 0.3) is 10.9 Å². The molecule has 0 unspecified atom stereocenters. The lowest BCUT2D eigenvalue weighted by atomic mass is 10.1. The molecule has 0 spiro atoms. The van der Waals surface area contributed by atoms with Crippen molar-refractivity contribution in [3.05, 3.63) is 35.5 Å². The molecule has 2 nitrogen and oxygen atoms in total. The van der Waals surface area contributed by atoms with E-state index in [2.05, 4.69) is 30.5 Å². The van der Waals surface area contributed by atoms with Crippen molar-refractivity contribution in [3.8, 4) is 0 Å². The number of nitrogens with zero attached hydrogens (tertiary/aromatic N) is 1. The minimum atomic E-state index is 0.776. The molecule has 2 rings (SSSR count). The highest BCUT2D eigenvalue weighted by Crippen LogP contribution is 2.21. The Bertz CT molecular complexity index is 482. The van der Waals surface area contributed by atoms with E-state index in [4.69, 9.17) is 0 Å². The molecule has 1 aromatic carbocycles. The van der Waals surface area contributed by atoms with Gasteiger partial charge in [0.1, 0.15) is 0 Å². The highest BCUT2D eigenvalue weighted by molar-refractivity contribution is 5.97. The fourth-order valence-electron chi connectivity index (χ4n) is 1.96. The third-order valence-corrected chi connectivity index (χ3v) is 2.63. The number of hydrogen-bond acceptors (Lipinski definition) is 1. The molecule has 0 bridgehead atoms. The number of rotatable bonds is 2. The van der Waals surface area contributed by atoms with E-state index >= 15 is 0 Å². The molecule has 2 aromatic rings. The van der Waals surface area contributed by atoms with E-state index < -0.39 is 0 Å². The quantitative estimate of drug-likeness (QED) is 0.662. The third-order valence-electron chi connectivity index (χ3n) is 2.63. The standard InChI is InChI=1S/C12H13NO/c1-3-13-9(2)7-11-10(8-14)5-4-6-12(11)13/h4-8H,3H2,1-2H3. The van der Waals surface area contributed by atoms with Crippen LogP contribution >= 0.6 is 0 Å². The number of aryl methyl sites for hydroxylation is 2. The van der Waals surface area contributed by atoms with Crippen molar-refractivity contribution in [1.82, 2.24) is 4.57 Å². The molecule has 0 radical (unpaired) electrons. The van der Waals surface area contributed by atoms with Gasteiger partial charge < -0.3 is 4.57 Å². The molecule has 0 saturated heterocycles. The monoisotopic (exact) mass is 187 g/mol. The summed E-state index contributed by atoms with van der Waals surface area (Å²) in [5.41, 5.74) is 3.13. The summed E-state index contributed by atoms with van der Waals surface area (Å²) in [4.78, 5) is 10.8. The van der Waals surface area contributed by atoms with E-state index in [0.717, 1.165) is 29.3 Å². The molecular weight excluding hydrogens is 174 g/mol. The van der Waals surface area contributed by atoms with Crippen molar-refractivity contribution in [2.45, 2.75) is 20.4 Å². The lowest BCUT2D eigenvalue weighted by molar-refractivity contribution is 0.112. The van der Waals surface area contributed by atoms with Gasteiger partial charge in [0.05, 0.1) is 0 Å². The Morgan fingerprint density at radius 2 is 2.21 bits per heavy atom. The smallest absolute Gasteiger partial charge is 0.150 e. The van der Waals surface area contributed by atoms with Crippen molar-refractivity contribution in [1.29, 1.82) is 0 Å². The molecule has 0 aliphatic rings. The predicted molar refractivity (Wildman–Crippen MR) is 57.7 cm³/mol. The van der Waals surface area contributed by atoms with E-state index in [0.29, 0.717) is 0 Å². The van der Waals surface area contributed by atoms with Crippen molar-refractivity contribution in [2.75, 3.05) is 0 Å². The van der Waals surface area contributed by atoms with Gasteiger partial charge in [-0.3, -0.25) is 4.79 Å². The SMILES string of the molecule is CCn1c(C)cc2c(C=O)cccc21. The summed E-state index contributed by atoms with van der Waals surface area (Å²) in [6.45, 7) is 5.12. The highest BCUT2D eigenvalue weighted by atomic mass is 16.1. The highest BCUT2D eigenvalue weighted by Gasteiger charge is 2.06. The second-order valence-electron chi connectivity index (χ2n) is 3.43. The Hall–Kier alpha value is -1.57. The first kappa shape index (κ1) is 9.00. The fourth-order valence-corrected chi connectivity index (χ4v) is 1.96. The van der Waals surface area contributed by atoms with Crippen molar-refractivity contribution in [3.63, 3.8) is 0 Å². The number of aldehydes is 1. The van der Waals surface area contributed by atoms with E-state index in [-0.39, 0.29) is 0 Å². The van der Waals surface area contributed by atoms with Gasteiger partial charge in [-0.2, -0.15) is 0 Å². The van der Waals surface area contributed by atoms with Crippen molar-refractivity contribution >= 4 is 17.2 Å².